The van der Waals surface area contributed by atoms with E-state index in [0.29, 0.717) is 12.0 Å². The molecule has 6 heteroatoms. The number of nitrogens with one attached hydrogen (secondary N) is 2. The van der Waals surface area contributed by atoms with Gasteiger partial charge in [-0.2, -0.15) is 0 Å². The average Bonchev–Trinajstić information content (AvgIpc) is 3.34. The van der Waals surface area contributed by atoms with Gasteiger partial charge in [-0.3, -0.25) is 9.89 Å². The van der Waals surface area contributed by atoms with Crippen molar-refractivity contribution in [3.8, 4) is 0 Å². The zero-order valence-electron chi connectivity index (χ0n) is 13.6. The molecule has 2 fully saturated rings. The minimum absolute atomic E-state index is 0.447. The maximum Gasteiger partial charge on any atom is 0.191 e. The van der Waals surface area contributed by atoms with Crippen LogP contribution < -0.4 is 10.6 Å². The van der Waals surface area contributed by atoms with Crippen molar-refractivity contribution in [3.05, 3.63) is 34.9 Å². The average molecular weight is 337 g/mol. The number of aliphatic imine (C=N–C) groups is 1. The Hall–Kier alpha value is -1.30. The zero-order chi connectivity index (χ0) is 16.1. The maximum absolute atomic E-state index is 6.07. The lowest BCUT2D eigenvalue weighted by atomic mass is 10.1. The number of hydrogen-bond acceptors (Lipinski definition) is 3. The van der Waals surface area contributed by atoms with Gasteiger partial charge in [0.15, 0.2) is 5.96 Å². The van der Waals surface area contributed by atoms with Gasteiger partial charge in [0.1, 0.15) is 0 Å². The fourth-order valence-electron chi connectivity index (χ4n) is 2.99. The SMILES string of the molecule is CN=C(NCCN1CCOCC1)NC1CC1c1cccc(Cl)c1. The van der Waals surface area contributed by atoms with E-state index in [4.69, 9.17) is 16.3 Å². The third-order valence-electron chi connectivity index (χ3n) is 4.44. The first-order valence-corrected chi connectivity index (χ1v) is 8.67. The highest BCUT2D eigenvalue weighted by Gasteiger charge is 2.39. The Labute approximate surface area is 143 Å². The molecule has 3 rings (SSSR count). The van der Waals surface area contributed by atoms with Crippen LogP contribution in [0.15, 0.2) is 29.3 Å². The van der Waals surface area contributed by atoms with Crippen molar-refractivity contribution in [3.63, 3.8) is 0 Å². The highest BCUT2D eigenvalue weighted by Crippen LogP contribution is 2.41. The number of benzene rings is 1. The minimum atomic E-state index is 0.447. The fourth-order valence-corrected chi connectivity index (χ4v) is 3.19. The van der Waals surface area contributed by atoms with E-state index in [1.165, 1.54) is 5.56 Å². The van der Waals surface area contributed by atoms with E-state index in [1.807, 2.05) is 19.2 Å². The normalized spacial score (nSPS) is 25.2. The smallest absolute Gasteiger partial charge is 0.191 e. The van der Waals surface area contributed by atoms with Gasteiger partial charge in [-0.15, -0.1) is 0 Å². The molecular weight excluding hydrogens is 312 g/mol. The van der Waals surface area contributed by atoms with Crippen LogP contribution in [0, 0.1) is 0 Å². The Morgan fingerprint density at radius 3 is 2.96 bits per heavy atom. The van der Waals surface area contributed by atoms with Crippen LogP contribution in [0.5, 0.6) is 0 Å². The van der Waals surface area contributed by atoms with E-state index in [-0.39, 0.29) is 0 Å². The summed E-state index contributed by atoms with van der Waals surface area (Å²) >= 11 is 6.07. The number of guanidine groups is 1. The van der Waals surface area contributed by atoms with E-state index in [1.54, 1.807) is 0 Å². The number of nitrogens with zero attached hydrogens (tertiary/aromatic N) is 2. The summed E-state index contributed by atoms with van der Waals surface area (Å²) in [5.74, 6) is 1.42. The number of halogens is 1. The molecule has 1 aromatic carbocycles. The molecule has 0 amide bonds. The summed E-state index contributed by atoms with van der Waals surface area (Å²) in [6, 6.07) is 8.59. The molecule has 126 valence electrons. The summed E-state index contributed by atoms with van der Waals surface area (Å²) in [5, 5.41) is 7.71. The van der Waals surface area contributed by atoms with Crippen LogP contribution in [0.3, 0.4) is 0 Å². The molecule has 1 aliphatic carbocycles. The van der Waals surface area contributed by atoms with Crippen LogP contribution in [0.2, 0.25) is 5.02 Å². The lowest BCUT2D eigenvalue weighted by molar-refractivity contribution is 0.0389. The van der Waals surface area contributed by atoms with Gasteiger partial charge >= 0.3 is 0 Å². The van der Waals surface area contributed by atoms with Gasteiger partial charge in [0.25, 0.3) is 0 Å². The molecule has 1 saturated heterocycles. The molecule has 23 heavy (non-hydrogen) atoms. The van der Waals surface area contributed by atoms with Gasteiger partial charge in [0, 0.05) is 50.2 Å². The Kier molecular flexibility index (Phi) is 5.75. The van der Waals surface area contributed by atoms with Gasteiger partial charge in [-0.25, -0.2) is 0 Å². The lowest BCUT2D eigenvalue weighted by Gasteiger charge is -2.26. The summed E-state index contributed by atoms with van der Waals surface area (Å²) in [5.41, 5.74) is 1.30. The Bertz CT molecular complexity index is 545. The summed E-state index contributed by atoms with van der Waals surface area (Å²) < 4.78 is 5.36. The van der Waals surface area contributed by atoms with Crippen molar-refractivity contribution < 1.29 is 4.74 Å². The molecule has 0 spiro atoms. The zero-order valence-corrected chi connectivity index (χ0v) is 14.4. The molecule has 2 N–H and O–H groups in total. The van der Waals surface area contributed by atoms with Crippen LogP contribution in [0.25, 0.3) is 0 Å². The molecule has 1 aromatic rings. The second-order valence-corrected chi connectivity index (χ2v) is 6.54. The number of ether oxygens (including phenoxy) is 1. The molecule has 5 nitrogen and oxygen atoms in total. The molecule has 2 atom stereocenters. The first-order valence-electron chi connectivity index (χ1n) is 8.29. The molecule has 0 radical (unpaired) electrons. The second kappa shape index (κ2) is 7.99. The third kappa shape index (κ3) is 4.83. The second-order valence-electron chi connectivity index (χ2n) is 6.10. The number of morpholine rings is 1. The summed E-state index contributed by atoms with van der Waals surface area (Å²) in [6.45, 7) is 5.65. The van der Waals surface area contributed by atoms with Crippen LogP contribution in [-0.4, -0.2) is 63.3 Å². The summed E-state index contributed by atoms with van der Waals surface area (Å²) in [6.07, 6.45) is 1.13. The topological polar surface area (TPSA) is 48.9 Å². The largest absolute Gasteiger partial charge is 0.379 e. The predicted molar refractivity (Wildman–Crippen MR) is 94.4 cm³/mol. The van der Waals surface area contributed by atoms with E-state index in [0.717, 1.165) is 56.8 Å². The quantitative estimate of drug-likeness (QED) is 0.634. The fraction of sp³-hybridized carbons (Fsp3) is 0.588. The number of rotatable bonds is 5. The highest BCUT2D eigenvalue weighted by atomic mass is 35.5. The maximum atomic E-state index is 6.07. The van der Waals surface area contributed by atoms with Crippen molar-refractivity contribution in [1.82, 2.24) is 15.5 Å². The number of hydrogen-bond donors (Lipinski definition) is 2. The molecule has 0 bridgehead atoms. The minimum Gasteiger partial charge on any atom is -0.379 e. The van der Waals surface area contributed by atoms with Crippen LogP contribution in [0.4, 0.5) is 0 Å². The van der Waals surface area contributed by atoms with E-state index in [9.17, 15) is 0 Å². The van der Waals surface area contributed by atoms with E-state index in [2.05, 4.69) is 32.7 Å². The van der Waals surface area contributed by atoms with Crippen molar-refractivity contribution >= 4 is 17.6 Å². The molecule has 1 aliphatic heterocycles. The van der Waals surface area contributed by atoms with Crippen LogP contribution in [0.1, 0.15) is 17.9 Å². The first-order chi connectivity index (χ1) is 11.3. The van der Waals surface area contributed by atoms with Crippen molar-refractivity contribution in [2.75, 3.05) is 46.4 Å². The van der Waals surface area contributed by atoms with Crippen LogP contribution >= 0.6 is 11.6 Å². The van der Waals surface area contributed by atoms with Gasteiger partial charge in [0.2, 0.25) is 0 Å². The molecule has 0 aromatic heterocycles. The molecule has 1 saturated carbocycles. The van der Waals surface area contributed by atoms with Crippen molar-refractivity contribution in [2.24, 2.45) is 4.99 Å². The first kappa shape index (κ1) is 16.6. The van der Waals surface area contributed by atoms with E-state index < -0.39 is 0 Å². The van der Waals surface area contributed by atoms with Gasteiger partial charge < -0.3 is 15.4 Å². The van der Waals surface area contributed by atoms with E-state index >= 15 is 0 Å². The monoisotopic (exact) mass is 336 g/mol. The third-order valence-corrected chi connectivity index (χ3v) is 4.67. The Morgan fingerprint density at radius 1 is 1.39 bits per heavy atom. The Balaban J connectivity index is 1.40. The van der Waals surface area contributed by atoms with Gasteiger partial charge in [-0.05, 0) is 24.1 Å². The summed E-state index contributed by atoms with van der Waals surface area (Å²) in [7, 11) is 1.82. The summed E-state index contributed by atoms with van der Waals surface area (Å²) in [4.78, 5) is 6.73. The molecule has 2 unspecified atom stereocenters. The highest BCUT2D eigenvalue weighted by molar-refractivity contribution is 6.30. The standard InChI is InChI=1S/C17H25ClN4O/c1-19-17(20-5-6-22-7-9-23-10-8-22)21-16-12-15(16)13-3-2-4-14(18)11-13/h2-4,11,15-16H,5-10,12H2,1H3,(H2,19,20,21). The van der Waals surface area contributed by atoms with Crippen molar-refractivity contribution in [1.29, 1.82) is 0 Å². The lowest BCUT2D eigenvalue weighted by Crippen LogP contribution is -2.45. The van der Waals surface area contributed by atoms with Crippen molar-refractivity contribution in [2.45, 2.75) is 18.4 Å². The molecular formula is C17H25ClN4O. The van der Waals surface area contributed by atoms with Crippen LogP contribution in [-0.2, 0) is 4.74 Å². The Morgan fingerprint density at radius 2 is 2.22 bits per heavy atom. The molecule has 1 heterocycles. The van der Waals surface area contributed by atoms with Gasteiger partial charge in [0.05, 0.1) is 13.2 Å². The van der Waals surface area contributed by atoms with Gasteiger partial charge in [-0.1, -0.05) is 23.7 Å². The predicted octanol–water partition coefficient (Wildman–Crippen LogP) is 1.69. The molecule has 2 aliphatic rings.